The van der Waals surface area contributed by atoms with Crippen molar-refractivity contribution in [3.05, 3.63) is 96.6 Å². The summed E-state index contributed by atoms with van der Waals surface area (Å²) in [6.45, 7) is 0. The smallest absolute Gasteiger partial charge is 0.255 e. The second-order valence-electron chi connectivity index (χ2n) is 8.86. The van der Waals surface area contributed by atoms with Gasteiger partial charge >= 0.3 is 0 Å². The molecule has 0 fully saturated rings. The Hall–Kier alpha value is -5.20. The summed E-state index contributed by atoms with van der Waals surface area (Å²) in [5.74, 6) is 1.37. The Bertz CT molecular complexity index is 1760. The number of nitrogens with zero attached hydrogens (tertiary/aromatic N) is 3. The minimum absolute atomic E-state index is 0.0140. The van der Waals surface area contributed by atoms with Gasteiger partial charge in [0.15, 0.2) is 11.6 Å². The third-order valence-corrected chi connectivity index (χ3v) is 6.86. The first kappa shape index (κ1) is 28.3. The van der Waals surface area contributed by atoms with Crippen molar-refractivity contribution < 1.29 is 27.8 Å². The summed E-state index contributed by atoms with van der Waals surface area (Å²) < 4.78 is 42.5. The minimum atomic E-state index is -2.83. The van der Waals surface area contributed by atoms with Crippen LogP contribution in [0.5, 0.6) is 17.2 Å². The average Bonchev–Trinajstić information content (AvgIpc) is 3.01. The zero-order chi connectivity index (χ0) is 29.6. The van der Waals surface area contributed by atoms with Gasteiger partial charge in [-0.15, -0.1) is 0 Å². The molecule has 0 aliphatic carbocycles. The van der Waals surface area contributed by atoms with Crippen LogP contribution in [0.1, 0.15) is 10.4 Å². The van der Waals surface area contributed by atoms with Gasteiger partial charge in [-0.25, -0.2) is 9.97 Å². The predicted molar refractivity (Wildman–Crippen MR) is 161 cm³/mol. The van der Waals surface area contributed by atoms with Gasteiger partial charge < -0.3 is 29.4 Å². The summed E-state index contributed by atoms with van der Waals surface area (Å²) in [7, 11) is 4.58. The topological polar surface area (TPSA) is 138 Å². The second-order valence-corrected chi connectivity index (χ2v) is 9.66. The monoisotopic (exact) mass is 584 g/mol. The number of hydrogen-bond acceptors (Lipinski definition) is 9. The number of hydrogen-bond donors (Lipinski definition) is 2. The molecule has 0 bridgehead atoms. The van der Waals surface area contributed by atoms with Crippen LogP contribution in [0.25, 0.3) is 11.0 Å². The van der Waals surface area contributed by atoms with Gasteiger partial charge in [0.1, 0.15) is 17.2 Å². The number of fused-ring (bicyclic) bond motifs is 1. The van der Waals surface area contributed by atoms with Crippen molar-refractivity contribution in [3.8, 4) is 17.2 Å². The summed E-state index contributed by atoms with van der Waals surface area (Å²) in [4.78, 5) is 22.3. The molecule has 0 spiro atoms. The van der Waals surface area contributed by atoms with Crippen LogP contribution < -0.4 is 29.1 Å². The van der Waals surface area contributed by atoms with Gasteiger partial charge in [-0.05, 0) is 48.5 Å². The molecule has 1 heterocycles. The van der Waals surface area contributed by atoms with Gasteiger partial charge in [0.2, 0.25) is 0 Å². The molecule has 1 amide bonds. The highest BCUT2D eigenvalue weighted by Crippen LogP contribution is 2.36. The van der Waals surface area contributed by atoms with Gasteiger partial charge in [0, 0.05) is 35.1 Å². The van der Waals surface area contributed by atoms with E-state index in [2.05, 4.69) is 20.6 Å². The summed E-state index contributed by atoms with van der Waals surface area (Å²) in [5.41, 5.74) is 2.55. The number of carbonyl (C=O) groups is 1. The molecule has 0 saturated heterocycles. The maximum absolute atomic E-state index is 12.9. The van der Waals surface area contributed by atoms with Gasteiger partial charge in [-0.3, -0.25) is 13.3 Å². The molecule has 12 heteroatoms. The van der Waals surface area contributed by atoms with E-state index in [0.29, 0.717) is 45.2 Å². The zero-order valence-corrected chi connectivity index (χ0v) is 23.7. The molecule has 1 atom stereocenters. The van der Waals surface area contributed by atoms with Crippen molar-refractivity contribution in [2.24, 2.45) is 0 Å². The summed E-state index contributed by atoms with van der Waals surface area (Å²) in [6.07, 6.45) is 0. The van der Waals surface area contributed by atoms with E-state index in [4.69, 9.17) is 14.2 Å². The second kappa shape index (κ2) is 12.5. The maximum Gasteiger partial charge on any atom is 0.255 e. The molecular weight excluding hydrogens is 558 g/mol. The lowest BCUT2D eigenvalue weighted by molar-refractivity contribution is 0.102. The largest absolute Gasteiger partial charge is 0.755 e. The van der Waals surface area contributed by atoms with E-state index in [1.807, 2.05) is 6.07 Å². The molecule has 5 rings (SSSR count). The highest BCUT2D eigenvalue weighted by molar-refractivity contribution is 7.81. The van der Waals surface area contributed by atoms with Crippen molar-refractivity contribution in [1.29, 1.82) is 0 Å². The van der Waals surface area contributed by atoms with Crippen LogP contribution in [0.4, 0.5) is 28.7 Å². The van der Waals surface area contributed by atoms with Crippen LogP contribution in [0.15, 0.2) is 91.0 Å². The molecule has 0 aliphatic rings. The van der Waals surface area contributed by atoms with Crippen molar-refractivity contribution in [2.75, 3.05) is 36.3 Å². The fraction of sp³-hybridized carbons (Fsp3) is 0.100. The van der Waals surface area contributed by atoms with Crippen molar-refractivity contribution >= 4 is 56.9 Å². The van der Waals surface area contributed by atoms with Crippen LogP contribution in [-0.4, -0.2) is 46.0 Å². The van der Waals surface area contributed by atoms with Gasteiger partial charge in [-0.1, -0.05) is 24.3 Å². The molecular formula is C30H26N5O6S-. The quantitative estimate of drug-likeness (QED) is 0.201. The molecule has 0 radical (unpaired) electrons. The van der Waals surface area contributed by atoms with Crippen LogP contribution in [0.2, 0.25) is 0 Å². The molecule has 0 aliphatic heterocycles. The summed E-state index contributed by atoms with van der Waals surface area (Å²) in [5, 5.41) is 5.97. The normalized spacial score (nSPS) is 11.4. The van der Waals surface area contributed by atoms with E-state index >= 15 is 0 Å². The lowest BCUT2D eigenvalue weighted by Crippen LogP contribution is -2.22. The van der Waals surface area contributed by atoms with E-state index in [1.165, 1.54) is 27.4 Å². The third-order valence-electron chi connectivity index (χ3n) is 6.18. The highest BCUT2D eigenvalue weighted by atomic mass is 32.2. The number of rotatable bonds is 10. The Balaban J connectivity index is 1.56. The Kier molecular flexibility index (Phi) is 8.46. The number of nitrogens with one attached hydrogen (secondary N) is 2. The maximum atomic E-state index is 12.9. The zero-order valence-electron chi connectivity index (χ0n) is 22.9. The Morgan fingerprint density at radius 3 is 2.10 bits per heavy atom. The van der Waals surface area contributed by atoms with Crippen LogP contribution >= 0.6 is 0 Å². The van der Waals surface area contributed by atoms with Crippen LogP contribution in [0.3, 0.4) is 0 Å². The molecule has 5 aromatic rings. The number of carbonyl (C=O) groups excluding carboxylic acids is 1. The van der Waals surface area contributed by atoms with E-state index in [-0.39, 0.29) is 23.2 Å². The van der Waals surface area contributed by atoms with Crippen molar-refractivity contribution in [1.82, 2.24) is 9.97 Å². The Morgan fingerprint density at radius 2 is 1.43 bits per heavy atom. The fourth-order valence-corrected chi connectivity index (χ4v) is 4.74. The number of methoxy groups -OCH3 is 3. The number of para-hydroxylation sites is 2. The fourth-order valence-electron chi connectivity index (χ4n) is 4.19. The van der Waals surface area contributed by atoms with Crippen molar-refractivity contribution in [2.45, 2.75) is 0 Å². The number of anilines is 5. The first-order valence-corrected chi connectivity index (χ1v) is 13.6. The standard InChI is InChI=1S/C30H27N5O6S/c1-39-23-11-6-8-19(14-23)30(36)32-20-9-7-10-22(15-20)35(42(37)38)29-28(33-26-12-4-5-13-27(26)34-29)31-21-16-24(40-2)18-25(17-21)41-3/h4-18H,1-3H3,(H,31,33)(H,32,36)(H,37,38)/p-1. The lowest BCUT2D eigenvalue weighted by Gasteiger charge is -2.27. The Labute approximate surface area is 244 Å². The predicted octanol–water partition coefficient (Wildman–Crippen LogP) is 5.58. The SMILES string of the molecule is COc1cc(Nc2nc3ccccc3nc2N(c2cccc(NC(=O)c3cccc(OC)c3)c2)S(=O)[O-])cc(OC)c1. The van der Waals surface area contributed by atoms with Crippen LogP contribution in [0, 0.1) is 0 Å². The number of amides is 1. The van der Waals surface area contributed by atoms with E-state index < -0.39 is 11.3 Å². The third kappa shape index (κ3) is 6.24. The van der Waals surface area contributed by atoms with Gasteiger partial charge in [-0.2, -0.15) is 0 Å². The van der Waals surface area contributed by atoms with Gasteiger partial charge in [0.05, 0.1) is 49.3 Å². The number of ether oxygens (including phenoxy) is 3. The molecule has 1 unspecified atom stereocenters. The first-order valence-electron chi connectivity index (χ1n) is 12.6. The lowest BCUT2D eigenvalue weighted by atomic mass is 10.2. The average molecular weight is 585 g/mol. The number of aromatic nitrogens is 2. The highest BCUT2D eigenvalue weighted by Gasteiger charge is 2.21. The van der Waals surface area contributed by atoms with Crippen LogP contribution in [-0.2, 0) is 11.3 Å². The molecule has 0 saturated carbocycles. The summed E-state index contributed by atoms with van der Waals surface area (Å²) in [6, 6.07) is 25.4. The summed E-state index contributed by atoms with van der Waals surface area (Å²) >= 11 is -2.83. The van der Waals surface area contributed by atoms with E-state index in [0.717, 1.165) is 4.31 Å². The molecule has 42 heavy (non-hydrogen) atoms. The molecule has 11 nitrogen and oxygen atoms in total. The minimum Gasteiger partial charge on any atom is -0.755 e. The Morgan fingerprint density at radius 1 is 0.762 bits per heavy atom. The first-order chi connectivity index (χ1) is 20.4. The van der Waals surface area contributed by atoms with E-state index in [1.54, 1.807) is 78.9 Å². The molecule has 214 valence electrons. The number of benzene rings is 4. The van der Waals surface area contributed by atoms with E-state index in [9.17, 15) is 13.6 Å². The van der Waals surface area contributed by atoms with Crippen molar-refractivity contribution in [3.63, 3.8) is 0 Å². The van der Waals surface area contributed by atoms with Gasteiger partial charge in [0.25, 0.3) is 5.91 Å². The molecule has 4 aromatic carbocycles. The molecule has 1 aromatic heterocycles. The molecule has 2 N–H and O–H groups in total.